The van der Waals surface area contributed by atoms with E-state index in [2.05, 4.69) is 26.6 Å². The largest absolute Gasteiger partial charge is 0.466 e. The van der Waals surface area contributed by atoms with Gasteiger partial charge in [-0.25, -0.2) is 4.79 Å². The molecule has 0 aromatic carbocycles. The summed E-state index contributed by atoms with van der Waals surface area (Å²) >= 11 is 0. The van der Waals surface area contributed by atoms with Crippen LogP contribution in [0.4, 0.5) is 0 Å². The van der Waals surface area contributed by atoms with Gasteiger partial charge in [-0.1, -0.05) is 39.1 Å². The van der Waals surface area contributed by atoms with Crippen LogP contribution in [-0.2, 0) is 9.53 Å². The molecule has 0 unspecified atom stereocenters. The SMILES string of the molecule is C=CC(=O)OC[Si](C)(C)CCC. The minimum Gasteiger partial charge on any atom is -0.466 e. The van der Waals surface area contributed by atoms with Crippen molar-refractivity contribution in [2.45, 2.75) is 32.5 Å². The van der Waals surface area contributed by atoms with Crippen molar-refractivity contribution in [3.63, 3.8) is 0 Å². The Balaban J connectivity index is 3.74. The van der Waals surface area contributed by atoms with Crippen LogP contribution in [0, 0.1) is 0 Å². The Morgan fingerprint density at radius 3 is 2.58 bits per heavy atom. The molecule has 0 aliphatic carbocycles. The quantitative estimate of drug-likeness (QED) is 0.374. The van der Waals surface area contributed by atoms with E-state index in [0.717, 1.165) is 0 Å². The highest BCUT2D eigenvalue weighted by Crippen LogP contribution is 2.11. The molecular weight excluding hydrogens is 168 g/mol. The number of hydrogen-bond donors (Lipinski definition) is 0. The van der Waals surface area contributed by atoms with Crippen molar-refractivity contribution in [1.82, 2.24) is 0 Å². The van der Waals surface area contributed by atoms with E-state index in [9.17, 15) is 4.79 Å². The van der Waals surface area contributed by atoms with Gasteiger partial charge in [0.15, 0.2) is 0 Å². The first-order valence-electron chi connectivity index (χ1n) is 4.31. The highest BCUT2D eigenvalue weighted by Gasteiger charge is 2.21. The Morgan fingerprint density at radius 1 is 1.58 bits per heavy atom. The second-order valence-electron chi connectivity index (χ2n) is 3.73. The van der Waals surface area contributed by atoms with Gasteiger partial charge in [-0.05, 0) is 0 Å². The molecule has 0 aromatic heterocycles. The summed E-state index contributed by atoms with van der Waals surface area (Å²) in [6, 6.07) is 1.21. The van der Waals surface area contributed by atoms with Crippen molar-refractivity contribution < 1.29 is 9.53 Å². The van der Waals surface area contributed by atoms with Crippen molar-refractivity contribution in [2.24, 2.45) is 0 Å². The molecule has 0 aliphatic rings. The molecule has 0 spiro atoms. The fraction of sp³-hybridized carbons (Fsp3) is 0.667. The number of carbonyl (C=O) groups excluding carboxylic acids is 1. The summed E-state index contributed by atoms with van der Waals surface area (Å²) in [5, 5.41) is 0. The molecule has 0 fully saturated rings. The first kappa shape index (κ1) is 11.4. The summed E-state index contributed by atoms with van der Waals surface area (Å²) in [6.07, 6.45) is 3.01. The van der Waals surface area contributed by atoms with E-state index in [4.69, 9.17) is 4.74 Å². The lowest BCUT2D eigenvalue weighted by atomic mass is 10.6. The smallest absolute Gasteiger partial charge is 0.329 e. The predicted molar refractivity (Wildman–Crippen MR) is 53.7 cm³/mol. The molecule has 0 bridgehead atoms. The zero-order valence-electron chi connectivity index (χ0n) is 8.22. The molecule has 0 aromatic rings. The lowest BCUT2D eigenvalue weighted by Gasteiger charge is -2.20. The van der Waals surface area contributed by atoms with Gasteiger partial charge in [0.25, 0.3) is 0 Å². The third kappa shape index (κ3) is 5.13. The molecule has 0 amide bonds. The zero-order chi connectivity index (χ0) is 9.61. The van der Waals surface area contributed by atoms with Gasteiger partial charge in [0.2, 0.25) is 0 Å². The summed E-state index contributed by atoms with van der Waals surface area (Å²) in [7, 11) is -1.27. The molecule has 0 heterocycles. The minimum atomic E-state index is -1.27. The van der Waals surface area contributed by atoms with Crippen LogP contribution in [-0.4, -0.2) is 20.3 Å². The molecule has 0 aliphatic heterocycles. The average Bonchev–Trinajstić information content (AvgIpc) is 2.00. The summed E-state index contributed by atoms with van der Waals surface area (Å²) in [5.74, 6) is -0.299. The Morgan fingerprint density at radius 2 is 2.17 bits per heavy atom. The third-order valence-electron chi connectivity index (χ3n) is 1.70. The summed E-state index contributed by atoms with van der Waals surface area (Å²) in [5.41, 5.74) is 0. The monoisotopic (exact) mass is 186 g/mol. The van der Waals surface area contributed by atoms with Gasteiger partial charge in [0, 0.05) is 6.08 Å². The van der Waals surface area contributed by atoms with E-state index < -0.39 is 8.07 Å². The lowest BCUT2D eigenvalue weighted by Crippen LogP contribution is -2.33. The van der Waals surface area contributed by atoms with Crippen molar-refractivity contribution in [1.29, 1.82) is 0 Å². The van der Waals surface area contributed by atoms with E-state index in [0.29, 0.717) is 6.23 Å². The second kappa shape index (κ2) is 5.14. The van der Waals surface area contributed by atoms with E-state index in [1.54, 1.807) is 0 Å². The molecule has 2 nitrogen and oxygen atoms in total. The topological polar surface area (TPSA) is 26.3 Å². The normalized spacial score (nSPS) is 10.9. The van der Waals surface area contributed by atoms with E-state index in [1.807, 2.05) is 0 Å². The third-order valence-corrected chi connectivity index (χ3v) is 4.48. The molecular formula is C9H18O2Si. The molecule has 70 valence electrons. The van der Waals surface area contributed by atoms with Crippen LogP contribution in [0.25, 0.3) is 0 Å². The fourth-order valence-electron chi connectivity index (χ4n) is 1.07. The summed E-state index contributed by atoms with van der Waals surface area (Å²) < 4.78 is 5.01. The van der Waals surface area contributed by atoms with Gasteiger partial charge < -0.3 is 4.74 Å². The first-order chi connectivity index (χ1) is 5.52. The lowest BCUT2D eigenvalue weighted by molar-refractivity contribution is -0.136. The highest BCUT2D eigenvalue weighted by molar-refractivity contribution is 6.77. The summed E-state index contributed by atoms with van der Waals surface area (Å²) in [4.78, 5) is 10.7. The predicted octanol–water partition coefficient (Wildman–Crippen LogP) is 2.37. The number of esters is 1. The standard InChI is InChI=1S/C9H18O2Si/c1-5-7-12(3,4)8-11-9(10)6-2/h6H,2,5,7-8H2,1,3-4H3. The number of rotatable bonds is 5. The van der Waals surface area contributed by atoms with Gasteiger partial charge in [0.1, 0.15) is 0 Å². The van der Waals surface area contributed by atoms with Crippen LogP contribution in [0.3, 0.4) is 0 Å². The van der Waals surface area contributed by atoms with Gasteiger partial charge in [-0.15, -0.1) is 0 Å². The van der Waals surface area contributed by atoms with Crippen molar-refractivity contribution in [3.05, 3.63) is 12.7 Å². The average molecular weight is 186 g/mol. The maximum atomic E-state index is 10.7. The first-order valence-corrected chi connectivity index (χ1v) is 7.72. The van der Waals surface area contributed by atoms with Gasteiger partial charge >= 0.3 is 5.97 Å². The Kier molecular flexibility index (Phi) is 4.89. The fourth-order valence-corrected chi connectivity index (χ4v) is 3.11. The van der Waals surface area contributed by atoms with Crippen molar-refractivity contribution >= 4 is 14.0 Å². The van der Waals surface area contributed by atoms with Crippen LogP contribution in [0.2, 0.25) is 19.1 Å². The molecule has 0 saturated heterocycles. The molecule has 0 radical (unpaired) electrons. The molecule has 12 heavy (non-hydrogen) atoms. The van der Waals surface area contributed by atoms with E-state index in [-0.39, 0.29) is 5.97 Å². The summed E-state index contributed by atoms with van der Waals surface area (Å²) in [6.45, 7) is 9.96. The van der Waals surface area contributed by atoms with Gasteiger partial charge in [-0.2, -0.15) is 0 Å². The number of hydrogen-bond acceptors (Lipinski definition) is 2. The maximum Gasteiger partial charge on any atom is 0.329 e. The maximum absolute atomic E-state index is 10.7. The number of ether oxygens (including phenoxy) is 1. The van der Waals surface area contributed by atoms with Gasteiger partial charge in [-0.3, -0.25) is 0 Å². The van der Waals surface area contributed by atoms with Crippen LogP contribution in [0.5, 0.6) is 0 Å². The van der Waals surface area contributed by atoms with Crippen molar-refractivity contribution in [3.8, 4) is 0 Å². The molecule has 0 saturated carbocycles. The highest BCUT2D eigenvalue weighted by atomic mass is 28.3. The molecule has 0 N–H and O–H groups in total. The molecule has 0 rings (SSSR count). The second-order valence-corrected chi connectivity index (χ2v) is 8.84. The molecule has 3 heteroatoms. The number of carbonyl (C=O) groups is 1. The van der Waals surface area contributed by atoms with E-state index >= 15 is 0 Å². The van der Waals surface area contributed by atoms with Gasteiger partial charge in [0.05, 0.1) is 14.3 Å². The molecule has 0 atom stereocenters. The van der Waals surface area contributed by atoms with Crippen LogP contribution in [0.15, 0.2) is 12.7 Å². The Bertz CT molecular complexity index is 164. The van der Waals surface area contributed by atoms with Crippen LogP contribution in [0.1, 0.15) is 13.3 Å². The van der Waals surface area contributed by atoms with E-state index in [1.165, 1.54) is 18.5 Å². The van der Waals surface area contributed by atoms with Crippen molar-refractivity contribution in [2.75, 3.05) is 6.23 Å². The van der Waals surface area contributed by atoms with Crippen LogP contribution < -0.4 is 0 Å². The Labute approximate surface area is 75.6 Å². The Hall–Kier alpha value is -0.573. The minimum absolute atomic E-state index is 0.299. The zero-order valence-corrected chi connectivity index (χ0v) is 9.22. The van der Waals surface area contributed by atoms with Crippen LogP contribution >= 0.6 is 0 Å².